The van der Waals surface area contributed by atoms with E-state index >= 15 is 0 Å². The van der Waals surface area contributed by atoms with E-state index in [1.807, 2.05) is 11.3 Å². The van der Waals surface area contributed by atoms with Crippen molar-refractivity contribution in [2.45, 2.75) is 19.3 Å². The van der Waals surface area contributed by atoms with Crippen molar-refractivity contribution in [2.24, 2.45) is 0 Å². The van der Waals surface area contributed by atoms with Gasteiger partial charge >= 0.3 is 0 Å². The summed E-state index contributed by atoms with van der Waals surface area (Å²) in [6.07, 6.45) is 0. The van der Waals surface area contributed by atoms with Gasteiger partial charge in [0.2, 0.25) is 0 Å². The summed E-state index contributed by atoms with van der Waals surface area (Å²) in [5, 5.41) is 12.8. The van der Waals surface area contributed by atoms with Gasteiger partial charge in [-0.05, 0) is 124 Å². The fourth-order valence-electron chi connectivity index (χ4n) is 10.9. The second-order valence-corrected chi connectivity index (χ2v) is 18.7. The fraction of sp³-hybridized carbons (Fsp3) is 0.0492. The average Bonchev–Trinajstić information content (AvgIpc) is 3.83. The van der Waals surface area contributed by atoms with Crippen molar-refractivity contribution < 1.29 is 0 Å². The van der Waals surface area contributed by atoms with Gasteiger partial charge in [0.05, 0.1) is 5.69 Å². The van der Waals surface area contributed by atoms with Crippen LogP contribution in [-0.4, -0.2) is 0 Å². The largest absolute Gasteiger partial charge is 0.310 e. The Bertz CT molecular complexity index is 3850. The molecule has 0 atom stereocenters. The molecule has 63 heavy (non-hydrogen) atoms. The van der Waals surface area contributed by atoms with Gasteiger partial charge in [-0.15, -0.1) is 11.3 Å². The van der Waals surface area contributed by atoms with E-state index in [0.717, 1.165) is 17.1 Å². The predicted molar refractivity (Wildman–Crippen MR) is 272 cm³/mol. The number of hydrogen-bond donors (Lipinski definition) is 0. The quantitative estimate of drug-likeness (QED) is 0.156. The molecule has 0 saturated heterocycles. The Morgan fingerprint density at radius 2 is 1.00 bits per heavy atom. The molecule has 1 aliphatic carbocycles. The summed E-state index contributed by atoms with van der Waals surface area (Å²) >= 11 is 1.89. The number of anilines is 3. The van der Waals surface area contributed by atoms with Gasteiger partial charge in [-0.1, -0.05) is 184 Å². The molecule has 2 heteroatoms. The van der Waals surface area contributed by atoms with Crippen LogP contribution in [0.3, 0.4) is 0 Å². The van der Waals surface area contributed by atoms with Crippen LogP contribution in [-0.2, 0) is 5.41 Å². The number of para-hydroxylation sites is 1. The van der Waals surface area contributed by atoms with Crippen LogP contribution in [0.15, 0.2) is 212 Å². The van der Waals surface area contributed by atoms with Gasteiger partial charge in [0.1, 0.15) is 0 Å². The van der Waals surface area contributed by atoms with E-state index in [0.29, 0.717) is 0 Å². The summed E-state index contributed by atoms with van der Waals surface area (Å²) < 4.78 is 2.64. The third-order valence-corrected chi connectivity index (χ3v) is 15.0. The number of nitrogens with zero attached hydrogens (tertiary/aromatic N) is 1. The maximum absolute atomic E-state index is 2.51. The Labute approximate surface area is 370 Å². The Morgan fingerprint density at radius 1 is 0.365 bits per heavy atom. The van der Waals surface area contributed by atoms with Crippen LogP contribution >= 0.6 is 11.3 Å². The lowest BCUT2D eigenvalue weighted by Crippen LogP contribution is -2.15. The van der Waals surface area contributed by atoms with Crippen molar-refractivity contribution in [3.63, 3.8) is 0 Å². The van der Waals surface area contributed by atoms with Crippen LogP contribution in [0.25, 0.3) is 96.6 Å². The van der Waals surface area contributed by atoms with Crippen LogP contribution in [0.2, 0.25) is 0 Å². The van der Waals surface area contributed by atoms with Gasteiger partial charge in [0.25, 0.3) is 0 Å². The van der Waals surface area contributed by atoms with Gasteiger partial charge in [0, 0.05) is 42.5 Å². The van der Waals surface area contributed by atoms with Gasteiger partial charge < -0.3 is 4.90 Å². The highest BCUT2D eigenvalue weighted by molar-refractivity contribution is 7.26. The number of thiophene rings is 1. The molecule has 11 aromatic carbocycles. The minimum Gasteiger partial charge on any atom is -0.310 e. The summed E-state index contributed by atoms with van der Waals surface area (Å²) in [6.45, 7) is 4.72. The zero-order chi connectivity index (χ0) is 41.8. The van der Waals surface area contributed by atoms with Gasteiger partial charge in [-0.2, -0.15) is 0 Å². The molecular weight excluding hydrogens is 779 g/mol. The second-order valence-electron chi connectivity index (χ2n) is 17.6. The highest BCUT2D eigenvalue weighted by Crippen LogP contribution is 2.52. The van der Waals surface area contributed by atoms with E-state index in [2.05, 4.69) is 231 Å². The normalized spacial score (nSPS) is 13.0. The molecule has 0 bridgehead atoms. The van der Waals surface area contributed by atoms with Gasteiger partial charge in [-0.25, -0.2) is 0 Å². The van der Waals surface area contributed by atoms with Crippen molar-refractivity contribution in [2.75, 3.05) is 4.90 Å². The van der Waals surface area contributed by atoms with Crippen LogP contribution < -0.4 is 4.90 Å². The van der Waals surface area contributed by atoms with Crippen molar-refractivity contribution in [3.8, 4) is 33.4 Å². The molecule has 0 amide bonds. The molecule has 0 N–H and O–H groups in total. The average molecular weight is 820 g/mol. The first-order valence-electron chi connectivity index (χ1n) is 21.9. The Hall–Kier alpha value is -7.52. The molecule has 1 nitrogen and oxygen atoms in total. The molecule has 12 aromatic rings. The fourth-order valence-corrected chi connectivity index (χ4v) is 12.1. The first kappa shape index (κ1) is 36.2. The molecule has 1 aromatic heterocycles. The number of benzene rings is 11. The van der Waals surface area contributed by atoms with E-state index in [1.54, 1.807) is 0 Å². The summed E-state index contributed by atoms with van der Waals surface area (Å²) in [5.74, 6) is 0. The van der Waals surface area contributed by atoms with Crippen molar-refractivity contribution in [1.82, 2.24) is 0 Å². The van der Waals surface area contributed by atoms with Crippen molar-refractivity contribution in [1.29, 1.82) is 0 Å². The van der Waals surface area contributed by atoms with Crippen LogP contribution in [0.4, 0.5) is 17.1 Å². The molecule has 13 rings (SSSR count). The van der Waals surface area contributed by atoms with E-state index < -0.39 is 0 Å². The molecule has 0 aliphatic heterocycles. The molecule has 1 heterocycles. The van der Waals surface area contributed by atoms with E-state index in [-0.39, 0.29) is 5.41 Å². The molecule has 0 spiro atoms. The third-order valence-electron chi connectivity index (χ3n) is 13.8. The highest BCUT2D eigenvalue weighted by Gasteiger charge is 2.36. The number of hydrogen-bond acceptors (Lipinski definition) is 2. The molecule has 0 radical (unpaired) electrons. The van der Waals surface area contributed by atoms with Crippen molar-refractivity contribution in [3.05, 3.63) is 223 Å². The molecule has 0 unspecified atom stereocenters. The summed E-state index contributed by atoms with van der Waals surface area (Å²) in [5.41, 5.74) is 13.5. The van der Waals surface area contributed by atoms with E-state index in [1.165, 1.54) is 108 Å². The van der Waals surface area contributed by atoms with Gasteiger partial charge in [0.15, 0.2) is 0 Å². The summed E-state index contributed by atoms with van der Waals surface area (Å²) in [7, 11) is 0. The SMILES string of the molecule is CC1(C)c2ccccc2-c2cc(N(c3cccc(-c4cccc5c4sc4ccccc45)c3)c3ccccc3-c3cc4ccccc4c4c3ccc3ccc5ccccc5c34)ccc21. The first-order chi connectivity index (χ1) is 31.0. The Balaban J connectivity index is 1.09. The van der Waals surface area contributed by atoms with Crippen molar-refractivity contribution >= 4 is 91.7 Å². The lowest BCUT2D eigenvalue weighted by atomic mass is 9.82. The molecule has 296 valence electrons. The smallest absolute Gasteiger partial charge is 0.0540 e. The standard InChI is InChI=1S/C61H41NS/c1-61(2)54-26-10-7-21-47(54)53-37-43(32-34-55(53)61)62(42-18-13-17-40(35-42)46-24-14-25-51-49-23-9-12-28-57(49)63-60(46)51)56-27-11-8-22-48(56)52-36-41-16-4-6-20-45(41)59-50(52)33-31-39-30-29-38-15-3-5-19-44(38)58(39)59/h3-37H,1-2H3. The Morgan fingerprint density at radius 3 is 1.89 bits per heavy atom. The second kappa shape index (κ2) is 13.7. The monoisotopic (exact) mass is 819 g/mol. The molecular formula is C61H41NS. The number of rotatable bonds is 5. The highest BCUT2D eigenvalue weighted by atomic mass is 32.1. The molecule has 0 fully saturated rings. The van der Waals surface area contributed by atoms with Crippen LogP contribution in [0.5, 0.6) is 0 Å². The summed E-state index contributed by atoms with van der Waals surface area (Å²) in [4.78, 5) is 2.51. The lowest BCUT2D eigenvalue weighted by Gasteiger charge is -2.30. The molecule has 1 aliphatic rings. The lowest BCUT2D eigenvalue weighted by molar-refractivity contribution is 0.660. The van der Waals surface area contributed by atoms with E-state index in [9.17, 15) is 0 Å². The Kier molecular flexibility index (Phi) is 7.89. The molecule has 0 saturated carbocycles. The predicted octanol–water partition coefficient (Wildman–Crippen LogP) is 17.8. The maximum atomic E-state index is 2.51. The zero-order valence-electron chi connectivity index (χ0n) is 35.1. The van der Waals surface area contributed by atoms with Gasteiger partial charge in [-0.3, -0.25) is 0 Å². The summed E-state index contributed by atoms with van der Waals surface area (Å²) in [6, 6.07) is 79.4. The zero-order valence-corrected chi connectivity index (χ0v) is 35.9. The maximum Gasteiger partial charge on any atom is 0.0540 e. The third kappa shape index (κ3) is 5.41. The minimum absolute atomic E-state index is 0.0903. The van der Waals surface area contributed by atoms with E-state index in [4.69, 9.17) is 0 Å². The topological polar surface area (TPSA) is 3.24 Å². The van der Waals surface area contributed by atoms with Crippen LogP contribution in [0.1, 0.15) is 25.0 Å². The number of fused-ring (bicyclic) bond motifs is 13. The minimum atomic E-state index is -0.0903. The first-order valence-corrected chi connectivity index (χ1v) is 22.7. The van der Waals surface area contributed by atoms with Crippen LogP contribution in [0, 0.1) is 0 Å².